The molecule has 3 aromatic carbocycles. The Bertz CT molecular complexity index is 1080. The van der Waals surface area contributed by atoms with E-state index in [0.29, 0.717) is 16.8 Å². The highest BCUT2D eigenvalue weighted by atomic mass is 16.5. The molecule has 0 saturated carbocycles. The van der Waals surface area contributed by atoms with E-state index in [1.165, 1.54) is 0 Å². The normalized spacial score (nSPS) is 10.6. The molecule has 0 aliphatic rings. The second-order valence-corrected chi connectivity index (χ2v) is 6.19. The summed E-state index contributed by atoms with van der Waals surface area (Å²) in [5.41, 5.74) is 2.01. The fourth-order valence-electron chi connectivity index (χ4n) is 2.96. The Balaban J connectivity index is 1.62. The molecule has 1 aromatic heterocycles. The number of hydrogen-bond donors (Lipinski definition) is 1. The summed E-state index contributed by atoms with van der Waals surface area (Å²) in [6.07, 6.45) is 0. The molecule has 0 radical (unpaired) electrons. The van der Waals surface area contributed by atoms with Crippen LogP contribution in [0.2, 0.25) is 0 Å². The summed E-state index contributed by atoms with van der Waals surface area (Å²) in [7, 11) is 1.60. The maximum atomic E-state index is 12.9. The predicted molar refractivity (Wildman–Crippen MR) is 108 cm³/mol. The zero-order chi connectivity index (χ0) is 19.3. The average molecular weight is 373 g/mol. The zero-order valence-electron chi connectivity index (χ0n) is 15.3. The minimum atomic E-state index is -0.326. The second-order valence-electron chi connectivity index (χ2n) is 6.19. The summed E-state index contributed by atoms with van der Waals surface area (Å²) >= 11 is 0. The van der Waals surface area contributed by atoms with E-state index in [4.69, 9.17) is 13.9 Å². The largest absolute Gasteiger partial charge is 0.497 e. The van der Waals surface area contributed by atoms with Gasteiger partial charge >= 0.3 is 0 Å². The maximum absolute atomic E-state index is 12.9. The molecule has 0 spiro atoms. The molecule has 0 saturated heterocycles. The molecule has 0 bridgehead atoms. The number of ether oxygens (including phenoxy) is 2. The van der Waals surface area contributed by atoms with Crippen molar-refractivity contribution in [1.29, 1.82) is 0 Å². The van der Waals surface area contributed by atoms with Gasteiger partial charge in [-0.1, -0.05) is 36.4 Å². The molecular formula is C23H19NO4. The summed E-state index contributed by atoms with van der Waals surface area (Å²) in [5, 5.41) is 3.72. The molecule has 0 unspecified atom stereocenters. The molecule has 28 heavy (non-hydrogen) atoms. The van der Waals surface area contributed by atoms with Gasteiger partial charge in [-0.3, -0.25) is 4.79 Å². The minimum absolute atomic E-state index is 0.229. The highest BCUT2D eigenvalue weighted by molar-refractivity contribution is 6.06. The smallest absolute Gasteiger partial charge is 0.291 e. The SMILES string of the molecule is COc1ccc(NC(=O)c2oc3ccccc3c2COc2ccccc2)cc1. The monoisotopic (exact) mass is 373 g/mol. The Morgan fingerprint density at radius 3 is 2.36 bits per heavy atom. The lowest BCUT2D eigenvalue weighted by Crippen LogP contribution is -2.13. The van der Waals surface area contributed by atoms with Crippen molar-refractivity contribution in [1.82, 2.24) is 0 Å². The quantitative estimate of drug-likeness (QED) is 0.500. The van der Waals surface area contributed by atoms with E-state index >= 15 is 0 Å². The molecular weight excluding hydrogens is 354 g/mol. The van der Waals surface area contributed by atoms with Crippen LogP contribution in [0.3, 0.4) is 0 Å². The Kier molecular flexibility index (Phi) is 4.97. The molecule has 1 amide bonds. The minimum Gasteiger partial charge on any atom is -0.497 e. The number of furan rings is 1. The number of rotatable bonds is 6. The zero-order valence-corrected chi connectivity index (χ0v) is 15.3. The van der Waals surface area contributed by atoms with Gasteiger partial charge in [0.1, 0.15) is 23.7 Å². The number of carbonyl (C=O) groups excluding carboxylic acids is 1. The van der Waals surface area contributed by atoms with Crippen molar-refractivity contribution in [3.05, 3.63) is 90.2 Å². The fraction of sp³-hybridized carbons (Fsp3) is 0.0870. The Morgan fingerprint density at radius 2 is 1.61 bits per heavy atom. The first-order chi connectivity index (χ1) is 13.7. The number of methoxy groups -OCH3 is 1. The summed E-state index contributed by atoms with van der Waals surface area (Å²) in [5.74, 6) is 1.37. The lowest BCUT2D eigenvalue weighted by Gasteiger charge is -2.08. The number of anilines is 1. The van der Waals surface area contributed by atoms with Gasteiger partial charge in [-0.25, -0.2) is 0 Å². The van der Waals surface area contributed by atoms with Gasteiger partial charge in [0.05, 0.1) is 7.11 Å². The molecule has 4 rings (SSSR count). The topological polar surface area (TPSA) is 60.7 Å². The van der Waals surface area contributed by atoms with Crippen molar-refractivity contribution in [2.24, 2.45) is 0 Å². The molecule has 1 N–H and O–H groups in total. The molecule has 0 fully saturated rings. The van der Waals surface area contributed by atoms with Crippen molar-refractivity contribution < 1.29 is 18.7 Å². The third kappa shape index (κ3) is 3.69. The number of hydrogen-bond acceptors (Lipinski definition) is 4. The third-order valence-corrected chi connectivity index (χ3v) is 4.38. The Hall–Kier alpha value is -3.73. The summed E-state index contributed by atoms with van der Waals surface area (Å²) in [6, 6.07) is 24.2. The van der Waals surface area contributed by atoms with E-state index in [-0.39, 0.29) is 18.3 Å². The van der Waals surface area contributed by atoms with Gasteiger partial charge in [0, 0.05) is 16.6 Å². The van der Waals surface area contributed by atoms with Crippen LogP contribution in [-0.2, 0) is 6.61 Å². The van der Waals surface area contributed by atoms with Crippen molar-refractivity contribution in [3.8, 4) is 11.5 Å². The molecule has 5 heteroatoms. The number of amides is 1. The van der Waals surface area contributed by atoms with E-state index in [2.05, 4.69) is 5.32 Å². The average Bonchev–Trinajstić information content (AvgIpc) is 3.12. The van der Waals surface area contributed by atoms with Gasteiger partial charge in [0.2, 0.25) is 0 Å². The van der Waals surface area contributed by atoms with Crippen LogP contribution in [0.4, 0.5) is 5.69 Å². The van der Waals surface area contributed by atoms with Gasteiger partial charge < -0.3 is 19.2 Å². The summed E-state index contributed by atoms with van der Waals surface area (Å²) in [6.45, 7) is 0.229. The van der Waals surface area contributed by atoms with E-state index in [9.17, 15) is 4.79 Å². The molecule has 0 aliphatic carbocycles. The first-order valence-corrected chi connectivity index (χ1v) is 8.88. The molecule has 1 heterocycles. The lowest BCUT2D eigenvalue weighted by molar-refractivity contribution is 0.0995. The number of nitrogens with one attached hydrogen (secondary N) is 1. The number of benzene rings is 3. The number of carbonyl (C=O) groups is 1. The van der Waals surface area contributed by atoms with Gasteiger partial charge in [-0.05, 0) is 42.5 Å². The van der Waals surface area contributed by atoms with Crippen molar-refractivity contribution >= 4 is 22.6 Å². The van der Waals surface area contributed by atoms with E-state index in [0.717, 1.165) is 16.9 Å². The van der Waals surface area contributed by atoms with E-state index in [1.54, 1.807) is 31.4 Å². The van der Waals surface area contributed by atoms with Crippen molar-refractivity contribution in [3.63, 3.8) is 0 Å². The molecule has 140 valence electrons. The highest BCUT2D eigenvalue weighted by Gasteiger charge is 2.21. The number of para-hydroxylation sites is 2. The predicted octanol–water partition coefficient (Wildman–Crippen LogP) is 5.27. The van der Waals surface area contributed by atoms with Gasteiger partial charge in [-0.2, -0.15) is 0 Å². The summed E-state index contributed by atoms with van der Waals surface area (Å²) in [4.78, 5) is 12.9. The van der Waals surface area contributed by atoms with Crippen LogP contribution in [0.1, 0.15) is 16.1 Å². The fourth-order valence-corrected chi connectivity index (χ4v) is 2.96. The van der Waals surface area contributed by atoms with E-state index < -0.39 is 0 Å². The third-order valence-electron chi connectivity index (χ3n) is 4.38. The Labute approximate surface area is 162 Å². The van der Waals surface area contributed by atoms with Gasteiger partial charge in [0.25, 0.3) is 5.91 Å². The van der Waals surface area contributed by atoms with Crippen molar-refractivity contribution in [2.45, 2.75) is 6.61 Å². The number of fused-ring (bicyclic) bond motifs is 1. The molecule has 4 aromatic rings. The molecule has 0 atom stereocenters. The van der Waals surface area contributed by atoms with E-state index in [1.807, 2.05) is 54.6 Å². The first kappa shape index (κ1) is 17.7. The maximum Gasteiger partial charge on any atom is 0.291 e. The standard InChI is InChI=1S/C23H19NO4/c1-26-17-13-11-16(12-14-17)24-23(25)22-20(15-27-18-7-3-2-4-8-18)19-9-5-6-10-21(19)28-22/h2-14H,15H2,1H3,(H,24,25). The van der Waals surface area contributed by atoms with Crippen LogP contribution in [0.25, 0.3) is 11.0 Å². The highest BCUT2D eigenvalue weighted by Crippen LogP contribution is 2.28. The lowest BCUT2D eigenvalue weighted by atomic mass is 10.1. The van der Waals surface area contributed by atoms with Gasteiger partial charge in [0.15, 0.2) is 5.76 Å². The van der Waals surface area contributed by atoms with Crippen LogP contribution in [-0.4, -0.2) is 13.0 Å². The van der Waals surface area contributed by atoms with Crippen LogP contribution in [0.15, 0.2) is 83.3 Å². The first-order valence-electron chi connectivity index (χ1n) is 8.88. The molecule has 0 aliphatic heterocycles. The molecule has 5 nitrogen and oxygen atoms in total. The van der Waals surface area contributed by atoms with Crippen LogP contribution in [0.5, 0.6) is 11.5 Å². The van der Waals surface area contributed by atoms with Crippen LogP contribution >= 0.6 is 0 Å². The summed E-state index contributed by atoms with van der Waals surface area (Å²) < 4.78 is 16.9. The van der Waals surface area contributed by atoms with Crippen molar-refractivity contribution in [2.75, 3.05) is 12.4 Å². The van der Waals surface area contributed by atoms with Crippen LogP contribution in [0, 0.1) is 0 Å². The van der Waals surface area contributed by atoms with Crippen LogP contribution < -0.4 is 14.8 Å². The second kappa shape index (κ2) is 7.88. The Morgan fingerprint density at radius 1 is 0.893 bits per heavy atom. The van der Waals surface area contributed by atoms with Gasteiger partial charge in [-0.15, -0.1) is 0 Å².